The predicted molar refractivity (Wildman–Crippen MR) is 94.1 cm³/mol. The Labute approximate surface area is 137 Å². The fourth-order valence-electron chi connectivity index (χ4n) is 2.41. The first-order chi connectivity index (χ1) is 10.9. The van der Waals surface area contributed by atoms with E-state index in [1.165, 1.54) is 5.56 Å². The van der Waals surface area contributed by atoms with Crippen molar-refractivity contribution in [1.29, 1.82) is 0 Å². The van der Waals surface area contributed by atoms with E-state index in [0.29, 0.717) is 5.82 Å². The Bertz CT molecular complexity index is 818. The summed E-state index contributed by atoms with van der Waals surface area (Å²) in [5, 5.41) is 0. The molecule has 2 aromatic heterocycles. The third-order valence-electron chi connectivity index (χ3n) is 3.78. The van der Waals surface area contributed by atoms with Crippen LogP contribution in [-0.4, -0.2) is 15.0 Å². The zero-order valence-corrected chi connectivity index (χ0v) is 14.0. The molecule has 0 atom stereocenters. The van der Waals surface area contributed by atoms with Crippen molar-refractivity contribution in [2.24, 2.45) is 0 Å². The summed E-state index contributed by atoms with van der Waals surface area (Å²) in [6.07, 6.45) is 1.78. The average molecular weight is 303 g/mol. The van der Waals surface area contributed by atoms with Crippen LogP contribution in [0.3, 0.4) is 0 Å². The van der Waals surface area contributed by atoms with Gasteiger partial charge in [0, 0.05) is 17.5 Å². The Kier molecular flexibility index (Phi) is 3.95. The number of aromatic nitrogens is 3. The van der Waals surface area contributed by atoms with Crippen LogP contribution in [0.2, 0.25) is 0 Å². The van der Waals surface area contributed by atoms with Gasteiger partial charge in [0.15, 0.2) is 5.82 Å². The molecule has 0 radical (unpaired) electrons. The fraction of sp³-hybridized carbons (Fsp3) is 0.250. The maximum atomic E-state index is 4.80. The molecule has 0 spiro atoms. The molecule has 0 aliphatic rings. The van der Waals surface area contributed by atoms with Crippen LogP contribution in [0.5, 0.6) is 0 Å². The number of benzene rings is 1. The predicted octanol–water partition coefficient (Wildman–Crippen LogP) is 4.81. The highest BCUT2D eigenvalue weighted by Crippen LogP contribution is 2.29. The number of rotatable bonds is 2. The quantitative estimate of drug-likeness (QED) is 0.682. The van der Waals surface area contributed by atoms with Gasteiger partial charge >= 0.3 is 0 Å². The lowest BCUT2D eigenvalue weighted by Crippen LogP contribution is -2.12. The van der Waals surface area contributed by atoms with Crippen molar-refractivity contribution in [3.8, 4) is 22.8 Å². The highest BCUT2D eigenvalue weighted by atomic mass is 14.9. The molecule has 1 aromatic carbocycles. The minimum absolute atomic E-state index is 0.0328. The van der Waals surface area contributed by atoms with Gasteiger partial charge in [0.1, 0.15) is 5.69 Å². The van der Waals surface area contributed by atoms with Gasteiger partial charge < -0.3 is 0 Å². The lowest BCUT2D eigenvalue weighted by molar-refractivity contribution is 0.590. The molecular formula is C20H21N3. The van der Waals surface area contributed by atoms with Gasteiger partial charge in [-0.05, 0) is 36.1 Å². The van der Waals surface area contributed by atoms with Gasteiger partial charge in [-0.25, -0.2) is 15.0 Å². The van der Waals surface area contributed by atoms with Crippen LogP contribution in [0.25, 0.3) is 22.8 Å². The Morgan fingerprint density at radius 1 is 0.826 bits per heavy atom. The van der Waals surface area contributed by atoms with Crippen LogP contribution in [0.4, 0.5) is 0 Å². The van der Waals surface area contributed by atoms with E-state index >= 15 is 0 Å². The monoisotopic (exact) mass is 303 g/mol. The topological polar surface area (TPSA) is 38.7 Å². The molecule has 0 N–H and O–H groups in total. The van der Waals surface area contributed by atoms with Crippen molar-refractivity contribution in [2.75, 3.05) is 0 Å². The number of pyridine rings is 1. The SMILES string of the molecule is Cc1ccnc(-c2cc(C(C)(C)C)cc(-c3ccccc3)n2)n1. The van der Waals surface area contributed by atoms with Crippen molar-refractivity contribution >= 4 is 0 Å². The van der Waals surface area contributed by atoms with Crippen LogP contribution in [0.15, 0.2) is 54.7 Å². The fourth-order valence-corrected chi connectivity index (χ4v) is 2.41. The summed E-state index contributed by atoms with van der Waals surface area (Å²) < 4.78 is 0. The second-order valence-electron chi connectivity index (χ2n) is 6.76. The summed E-state index contributed by atoms with van der Waals surface area (Å²) in [6, 6.07) is 16.4. The Morgan fingerprint density at radius 3 is 2.17 bits per heavy atom. The zero-order valence-electron chi connectivity index (χ0n) is 14.0. The maximum absolute atomic E-state index is 4.80. The highest BCUT2D eigenvalue weighted by Gasteiger charge is 2.18. The van der Waals surface area contributed by atoms with Crippen molar-refractivity contribution < 1.29 is 0 Å². The lowest BCUT2D eigenvalue weighted by atomic mass is 9.86. The van der Waals surface area contributed by atoms with Gasteiger partial charge in [-0.15, -0.1) is 0 Å². The average Bonchev–Trinajstić information content (AvgIpc) is 2.54. The molecule has 0 aliphatic carbocycles. The summed E-state index contributed by atoms with van der Waals surface area (Å²) in [5.41, 5.74) is 5.08. The Hall–Kier alpha value is -2.55. The van der Waals surface area contributed by atoms with E-state index in [1.807, 2.05) is 31.2 Å². The molecule has 2 heterocycles. The molecule has 3 heteroatoms. The second kappa shape index (κ2) is 5.92. The van der Waals surface area contributed by atoms with Gasteiger partial charge in [0.2, 0.25) is 0 Å². The standard InChI is InChI=1S/C20H21N3/c1-14-10-11-21-19(22-14)18-13-16(20(2,3)4)12-17(23-18)15-8-6-5-7-9-15/h5-13H,1-4H3. The van der Waals surface area contributed by atoms with Gasteiger partial charge in [-0.2, -0.15) is 0 Å². The number of nitrogens with zero attached hydrogens (tertiary/aromatic N) is 3. The minimum atomic E-state index is 0.0328. The first-order valence-electron chi connectivity index (χ1n) is 7.81. The molecule has 0 amide bonds. The van der Waals surface area contributed by atoms with E-state index in [0.717, 1.165) is 22.6 Å². The molecule has 116 valence electrons. The summed E-state index contributed by atoms with van der Waals surface area (Å²) in [4.78, 5) is 13.7. The van der Waals surface area contributed by atoms with Gasteiger partial charge in [-0.3, -0.25) is 0 Å². The van der Waals surface area contributed by atoms with E-state index < -0.39 is 0 Å². The summed E-state index contributed by atoms with van der Waals surface area (Å²) >= 11 is 0. The molecule has 0 bridgehead atoms. The first kappa shape index (κ1) is 15.3. The minimum Gasteiger partial charge on any atom is -0.244 e. The molecule has 0 fully saturated rings. The summed E-state index contributed by atoms with van der Waals surface area (Å²) in [7, 11) is 0. The molecular weight excluding hydrogens is 282 g/mol. The van der Waals surface area contributed by atoms with E-state index in [2.05, 4.69) is 55.0 Å². The normalized spacial score (nSPS) is 11.5. The summed E-state index contributed by atoms with van der Waals surface area (Å²) in [6.45, 7) is 8.59. The summed E-state index contributed by atoms with van der Waals surface area (Å²) in [5.74, 6) is 0.674. The van der Waals surface area contributed by atoms with Crippen LogP contribution < -0.4 is 0 Å². The van der Waals surface area contributed by atoms with Crippen LogP contribution in [-0.2, 0) is 5.41 Å². The van der Waals surface area contributed by atoms with E-state index in [4.69, 9.17) is 4.98 Å². The van der Waals surface area contributed by atoms with E-state index in [1.54, 1.807) is 6.20 Å². The molecule has 23 heavy (non-hydrogen) atoms. The number of hydrogen-bond donors (Lipinski definition) is 0. The molecule has 3 aromatic rings. The Morgan fingerprint density at radius 2 is 1.52 bits per heavy atom. The largest absolute Gasteiger partial charge is 0.244 e. The van der Waals surface area contributed by atoms with Gasteiger partial charge in [0.25, 0.3) is 0 Å². The molecule has 0 aliphatic heterocycles. The van der Waals surface area contributed by atoms with Crippen molar-refractivity contribution in [1.82, 2.24) is 15.0 Å². The first-order valence-corrected chi connectivity index (χ1v) is 7.81. The second-order valence-corrected chi connectivity index (χ2v) is 6.76. The van der Waals surface area contributed by atoms with Crippen molar-refractivity contribution in [2.45, 2.75) is 33.1 Å². The van der Waals surface area contributed by atoms with Gasteiger partial charge in [-0.1, -0.05) is 51.1 Å². The molecule has 0 saturated carbocycles. The van der Waals surface area contributed by atoms with Crippen molar-refractivity contribution in [3.05, 3.63) is 66.0 Å². The zero-order chi connectivity index (χ0) is 16.4. The van der Waals surface area contributed by atoms with Gasteiger partial charge in [0.05, 0.1) is 5.69 Å². The van der Waals surface area contributed by atoms with E-state index in [9.17, 15) is 0 Å². The van der Waals surface area contributed by atoms with Crippen LogP contribution in [0, 0.1) is 6.92 Å². The molecule has 3 nitrogen and oxygen atoms in total. The third kappa shape index (κ3) is 3.45. The Balaban J connectivity index is 2.20. The third-order valence-corrected chi connectivity index (χ3v) is 3.78. The van der Waals surface area contributed by atoms with Crippen molar-refractivity contribution in [3.63, 3.8) is 0 Å². The lowest BCUT2D eigenvalue weighted by Gasteiger charge is -2.20. The molecule has 0 unspecified atom stereocenters. The maximum Gasteiger partial charge on any atom is 0.178 e. The number of aryl methyl sites for hydroxylation is 1. The smallest absolute Gasteiger partial charge is 0.178 e. The molecule has 3 rings (SSSR count). The molecule has 0 saturated heterocycles. The van der Waals surface area contributed by atoms with Crippen LogP contribution >= 0.6 is 0 Å². The highest BCUT2D eigenvalue weighted by molar-refractivity contribution is 5.65. The van der Waals surface area contributed by atoms with Crippen LogP contribution in [0.1, 0.15) is 32.0 Å². The van der Waals surface area contributed by atoms with E-state index in [-0.39, 0.29) is 5.41 Å². The number of hydrogen-bond acceptors (Lipinski definition) is 3.